The molecule has 1 fully saturated rings. The van der Waals surface area contributed by atoms with Gasteiger partial charge >= 0.3 is 0 Å². The minimum atomic E-state index is -3.13. The molecule has 146 valence electrons. The van der Waals surface area contributed by atoms with E-state index in [-0.39, 0.29) is 11.9 Å². The van der Waals surface area contributed by atoms with Crippen LogP contribution >= 0.6 is 11.8 Å². The standard InChI is InChI=1S/C19H24FN3O2S2/c1-11(27(2,24)25)17-10-26-19(23-17)16-8-12-7-13(20)9-15(18(12)22-16)21-14-5-3-4-6-14/h7-9,11,14,17,21-22H,3-6,10H2,1-2H3/t11?,17-/m1/s1. The number of hydrogen-bond acceptors (Lipinski definition) is 5. The van der Waals surface area contributed by atoms with E-state index in [4.69, 9.17) is 0 Å². The molecule has 1 aliphatic heterocycles. The number of H-pyrrole nitrogens is 1. The lowest BCUT2D eigenvalue weighted by Crippen LogP contribution is -2.29. The Labute approximate surface area is 163 Å². The molecule has 8 heteroatoms. The SMILES string of the molecule is CC([C@H]1CSC(c2cc3cc(F)cc(NC4CCCC4)c3[nH]2)=N1)S(C)(=O)=O. The van der Waals surface area contributed by atoms with Crippen molar-refractivity contribution in [1.29, 1.82) is 0 Å². The van der Waals surface area contributed by atoms with Gasteiger partial charge in [0.05, 0.1) is 28.2 Å². The molecule has 2 aliphatic rings. The van der Waals surface area contributed by atoms with Crippen LogP contribution < -0.4 is 5.32 Å². The zero-order valence-electron chi connectivity index (χ0n) is 15.5. The lowest BCUT2D eigenvalue weighted by Gasteiger charge is -2.14. The zero-order chi connectivity index (χ0) is 19.2. The van der Waals surface area contributed by atoms with Crippen molar-refractivity contribution in [2.24, 2.45) is 4.99 Å². The van der Waals surface area contributed by atoms with Gasteiger partial charge in [0.25, 0.3) is 0 Å². The molecule has 27 heavy (non-hydrogen) atoms. The number of aromatic nitrogens is 1. The van der Waals surface area contributed by atoms with E-state index in [0.29, 0.717) is 11.8 Å². The zero-order valence-corrected chi connectivity index (χ0v) is 17.1. The van der Waals surface area contributed by atoms with Crippen LogP contribution in [0.2, 0.25) is 0 Å². The molecule has 5 nitrogen and oxygen atoms in total. The lowest BCUT2D eigenvalue weighted by atomic mass is 10.2. The third kappa shape index (κ3) is 3.87. The third-order valence-corrected chi connectivity index (χ3v) is 8.30. The number of nitrogens with zero attached hydrogens (tertiary/aromatic N) is 1. The van der Waals surface area contributed by atoms with E-state index >= 15 is 0 Å². The minimum Gasteiger partial charge on any atom is -0.381 e. The van der Waals surface area contributed by atoms with Crippen LogP contribution in [0.25, 0.3) is 10.9 Å². The molecule has 2 N–H and O–H groups in total. The average molecular weight is 410 g/mol. The van der Waals surface area contributed by atoms with E-state index in [1.165, 1.54) is 25.2 Å². The highest BCUT2D eigenvalue weighted by Crippen LogP contribution is 2.32. The summed E-state index contributed by atoms with van der Waals surface area (Å²) in [6, 6.07) is 5.10. The van der Waals surface area contributed by atoms with Crippen LogP contribution in [-0.2, 0) is 9.84 Å². The number of fused-ring (bicyclic) bond motifs is 1. The van der Waals surface area contributed by atoms with Gasteiger partial charge in [-0.25, -0.2) is 12.8 Å². The van der Waals surface area contributed by atoms with Crippen molar-refractivity contribution in [2.45, 2.75) is 49.9 Å². The molecule has 1 aromatic heterocycles. The number of anilines is 1. The number of thioether (sulfide) groups is 1. The highest BCUT2D eigenvalue weighted by molar-refractivity contribution is 8.14. The Morgan fingerprint density at radius 3 is 2.74 bits per heavy atom. The third-order valence-electron chi connectivity index (χ3n) is 5.53. The normalized spacial score (nSPS) is 22.3. The number of aromatic amines is 1. The molecule has 1 aromatic carbocycles. The Morgan fingerprint density at radius 2 is 2.04 bits per heavy atom. The Bertz CT molecular complexity index is 994. The van der Waals surface area contributed by atoms with Gasteiger partial charge in [-0.15, -0.1) is 11.8 Å². The number of rotatable bonds is 5. The van der Waals surface area contributed by atoms with Crippen molar-refractivity contribution < 1.29 is 12.8 Å². The number of sulfone groups is 1. The number of halogens is 1. The maximum Gasteiger partial charge on any atom is 0.152 e. The summed E-state index contributed by atoms with van der Waals surface area (Å²) >= 11 is 1.55. The Kier molecular flexibility index (Phi) is 4.96. The first kappa shape index (κ1) is 18.8. The highest BCUT2D eigenvalue weighted by Gasteiger charge is 2.31. The topological polar surface area (TPSA) is 74.3 Å². The molecule has 0 saturated heterocycles. The second-order valence-corrected chi connectivity index (χ2v) is 11.0. The molecular formula is C19H24FN3O2S2. The summed E-state index contributed by atoms with van der Waals surface area (Å²) in [5, 5.41) is 4.56. The first-order chi connectivity index (χ1) is 12.8. The first-order valence-electron chi connectivity index (χ1n) is 9.30. The fraction of sp³-hybridized carbons (Fsp3) is 0.526. The Hall–Kier alpha value is -1.54. The number of aliphatic imine (C=N–C) groups is 1. The van der Waals surface area contributed by atoms with Gasteiger partial charge < -0.3 is 10.3 Å². The van der Waals surface area contributed by atoms with Gasteiger partial charge in [0.15, 0.2) is 9.84 Å². The second kappa shape index (κ2) is 7.13. The molecule has 4 rings (SSSR count). The minimum absolute atomic E-state index is 0.251. The molecule has 0 spiro atoms. The smallest absolute Gasteiger partial charge is 0.152 e. The monoisotopic (exact) mass is 409 g/mol. The highest BCUT2D eigenvalue weighted by atomic mass is 32.2. The largest absolute Gasteiger partial charge is 0.381 e. The van der Waals surface area contributed by atoms with Crippen molar-refractivity contribution in [3.63, 3.8) is 0 Å². The van der Waals surface area contributed by atoms with Crippen molar-refractivity contribution in [3.8, 4) is 0 Å². The fourth-order valence-corrected chi connectivity index (χ4v) is 5.81. The van der Waals surface area contributed by atoms with E-state index in [2.05, 4.69) is 15.3 Å². The predicted octanol–water partition coefficient (Wildman–Crippen LogP) is 3.96. The molecule has 2 atom stereocenters. The molecule has 0 amide bonds. The quantitative estimate of drug-likeness (QED) is 0.784. The molecule has 1 aliphatic carbocycles. The van der Waals surface area contributed by atoms with E-state index in [1.807, 2.05) is 6.07 Å². The fourth-order valence-electron chi connectivity index (χ4n) is 3.79. The summed E-state index contributed by atoms with van der Waals surface area (Å²) < 4.78 is 37.7. The van der Waals surface area contributed by atoms with Crippen LogP contribution in [0.5, 0.6) is 0 Å². The van der Waals surface area contributed by atoms with Gasteiger partial charge in [0.1, 0.15) is 10.9 Å². The van der Waals surface area contributed by atoms with Crippen molar-refractivity contribution in [3.05, 3.63) is 29.7 Å². The molecular weight excluding hydrogens is 385 g/mol. The van der Waals surface area contributed by atoms with Gasteiger partial charge in [-0.1, -0.05) is 12.8 Å². The average Bonchev–Trinajstić information content (AvgIpc) is 3.32. The summed E-state index contributed by atoms with van der Waals surface area (Å²) in [5.41, 5.74) is 2.48. The second-order valence-electron chi connectivity index (χ2n) is 7.57. The van der Waals surface area contributed by atoms with Crippen LogP contribution in [0, 0.1) is 5.82 Å². The van der Waals surface area contributed by atoms with E-state index in [1.54, 1.807) is 24.8 Å². The van der Waals surface area contributed by atoms with Crippen molar-refractivity contribution in [2.75, 3.05) is 17.3 Å². The number of benzene rings is 1. The van der Waals surface area contributed by atoms with Crippen LogP contribution in [0.15, 0.2) is 23.2 Å². The van der Waals surface area contributed by atoms with Crippen LogP contribution in [0.4, 0.5) is 10.1 Å². The predicted molar refractivity (Wildman–Crippen MR) is 111 cm³/mol. The molecule has 1 unspecified atom stereocenters. The summed E-state index contributed by atoms with van der Waals surface area (Å²) in [6.45, 7) is 1.71. The van der Waals surface area contributed by atoms with Crippen molar-refractivity contribution in [1.82, 2.24) is 4.98 Å². The summed E-state index contributed by atoms with van der Waals surface area (Å²) in [4.78, 5) is 8.01. The van der Waals surface area contributed by atoms with Crippen molar-refractivity contribution >= 4 is 43.2 Å². The Balaban J connectivity index is 1.65. The van der Waals surface area contributed by atoms with E-state index in [0.717, 1.165) is 40.2 Å². The molecule has 2 aromatic rings. The maximum absolute atomic E-state index is 14.1. The van der Waals surface area contributed by atoms with Crippen LogP contribution in [0.1, 0.15) is 38.3 Å². The summed E-state index contributed by atoms with van der Waals surface area (Å²) in [7, 11) is -3.13. The molecule has 1 saturated carbocycles. The van der Waals surface area contributed by atoms with Gasteiger partial charge in [0.2, 0.25) is 0 Å². The Morgan fingerprint density at radius 1 is 1.30 bits per heavy atom. The maximum atomic E-state index is 14.1. The molecule has 0 bridgehead atoms. The summed E-state index contributed by atoms with van der Waals surface area (Å²) in [5.74, 6) is 0.374. The lowest BCUT2D eigenvalue weighted by molar-refractivity contribution is 0.577. The van der Waals surface area contributed by atoms with E-state index < -0.39 is 15.1 Å². The summed E-state index contributed by atoms with van der Waals surface area (Å²) in [6.07, 6.45) is 5.89. The van der Waals surface area contributed by atoms with Gasteiger partial charge in [-0.2, -0.15) is 0 Å². The van der Waals surface area contributed by atoms with Gasteiger partial charge in [0, 0.05) is 23.4 Å². The number of hydrogen-bond donors (Lipinski definition) is 2. The molecule has 2 heterocycles. The van der Waals surface area contributed by atoms with E-state index in [9.17, 15) is 12.8 Å². The first-order valence-corrected chi connectivity index (χ1v) is 12.2. The molecule has 0 radical (unpaired) electrons. The van der Waals surface area contributed by atoms with Gasteiger partial charge in [-0.05, 0) is 38.0 Å². The van der Waals surface area contributed by atoms with Gasteiger partial charge in [-0.3, -0.25) is 4.99 Å². The van der Waals surface area contributed by atoms with Crippen LogP contribution in [0.3, 0.4) is 0 Å². The van der Waals surface area contributed by atoms with Crippen LogP contribution in [-0.4, -0.2) is 47.8 Å². The number of nitrogens with one attached hydrogen (secondary N) is 2.